The van der Waals surface area contributed by atoms with E-state index in [1.807, 2.05) is 74.5 Å². The SMILES string of the molecule is CC(C)CNC(=O)c1cncc(C(=O)N(Cc2ccccc2)c2ccccc2)c1. The zero-order valence-corrected chi connectivity index (χ0v) is 16.7. The van der Waals surface area contributed by atoms with Crippen LogP contribution in [0.3, 0.4) is 0 Å². The van der Waals surface area contributed by atoms with E-state index in [0.29, 0.717) is 30.1 Å². The largest absolute Gasteiger partial charge is 0.352 e. The van der Waals surface area contributed by atoms with Gasteiger partial charge in [0.2, 0.25) is 0 Å². The molecule has 0 unspecified atom stereocenters. The Labute approximate surface area is 171 Å². The lowest BCUT2D eigenvalue weighted by molar-refractivity contribution is 0.0948. The maximum absolute atomic E-state index is 13.3. The van der Waals surface area contributed by atoms with Crippen LogP contribution in [0.5, 0.6) is 0 Å². The first-order valence-corrected chi connectivity index (χ1v) is 9.68. The molecule has 2 aromatic carbocycles. The number of nitrogens with one attached hydrogen (secondary N) is 1. The highest BCUT2D eigenvalue weighted by Crippen LogP contribution is 2.20. The molecule has 148 valence electrons. The van der Waals surface area contributed by atoms with Crippen molar-refractivity contribution in [1.82, 2.24) is 10.3 Å². The number of hydrogen-bond acceptors (Lipinski definition) is 3. The van der Waals surface area contributed by atoms with Crippen LogP contribution in [-0.4, -0.2) is 23.3 Å². The van der Waals surface area contributed by atoms with Gasteiger partial charge < -0.3 is 10.2 Å². The third-order valence-corrected chi connectivity index (χ3v) is 4.41. The Morgan fingerprint density at radius 2 is 1.55 bits per heavy atom. The minimum Gasteiger partial charge on any atom is -0.352 e. The van der Waals surface area contributed by atoms with Crippen LogP contribution in [0.1, 0.15) is 40.1 Å². The lowest BCUT2D eigenvalue weighted by atomic mass is 10.1. The summed E-state index contributed by atoms with van der Waals surface area (Å²) >= 11 is 0. The van der Waals surface area contributed by atoms with E-state index in [1.165, 1.54) is 12.4 Å². The van der Waals surface area contributed by atoms with Crippen molar-refractivity contribution >= 4 is 17.5 Å². The molecule has 1 heterocycles. The lowest BCUT2D eigenvalue weighted by Crippen LogP contribution is -2.31. The summed E-state index contributed by atoms with van der Waals surface area (Å²) in [6.07, 6.45) is 2.99. The summed E-state index contributed by atoms with van der Waals surface area (Å²) in [6.45, 7) is 5.05. The molecule has 0 aliphatic rings. The number of benzene rings is 2. The van der Waals surface area contributed by atoms with Crippen LogP contribution in [0.25, 0.3) is 0 Å². The topological polar surface area (TPSA) is 62.3 Å². The van der Waals surface area contributed by atoms with Crippen molar-refractivity contribution in [2.45, 2.75) is 20.4 Å². The average molecular weight is 387 g/mol. The Hall–Kier alpha value is -3.47. The molecule has 2 amide bonds. The van der Waals surface area contributed by atoms with Crippen LogP contribution in [0.15, 0.2) is 79.1 Å². The molecule has 0 bridgehead atoms. The fourth-order valence-electron chi connectivity index (χ4n) is 2.89. The van der Waals surface area contributed by atoms with Gasteiger partial charge in [0.25, 0.3) is 11.8 Å². The normalized spacial score (nSPS) is 10.6. The summed E-state index contributed by atoms with van der Waals surface area (Å²) in [5.74, 6) is -0.0857. The number of para-hydroxylation sites is 1. The maximum atomic E-state index is 13.3. The van der Waals surface area contributed by atoms with E-state index in [1.54, 1.807) is 11.0 Å². The van der Waals surface area contributed by atoms with E-state index in [2.05, 4.69) is 10.3 Å². The van der Waals surface area contributed by atoms with Crippen LogP contribution < -0.4 is 10.2 Å². The van der Waals surface area contributed by atoms with E-state index in [-0.39, 0.29) is 11.8 Å². The van der Waals surface area contributed by atoms with E-state index in [4.69, 9.17) is 0 Å². The number of amides is 2. The quantitative estimate of drug-likeness (QED) is 0.657. The molecule has 3 rings (SSSR count). The molecule has 3 aromatic rings. The predicted molar refractivity (Wildman–Crippen MR) is 115 cm³/mol. The predicted octanol–water partition coefficient (Wildman–Crippen LogP) is 4.31. The second kappa shape index (κ2) is 9.64. The lowest BCUT2D eigenvalue weighted by Gasteiger charge is -2.23. The van der Waals surface area contributed by atoms with Crippen molar-refractivity contribution in [1.29, 1.82) is 0 Å². The molecule has 0 radical (unpaired) electrons. The van der Waals surface area contributed by atoms with Gasteiger partial charge in [0.1, 0.15) is 0 Å². The number of hydrogen-bond donors (Lipinski definition) is 1. The van der Waals surface area contributed by atoms with Crippen LogP contribution in [0.2, 0.25) is 0 Å². The number of anilines is 1. The first-order chi connectivity index (χ1) is 14.0. The van der Waals surface area contributed by atoms with Gasteiger partial charge in [-0.05, 0) is 29.7 Å². The Kier molecular flexibility index (Phi) is 6.74. The van der Waals surface area contributed by atoms with Gasteiger partial charge in [0, 0.05) is 24.6 Å². The Morgan fingerprint density at radius 1 is 0.931 bits per heavy atom. The Balaban J connectivity index is 1.88. The minimum atomic E-state index is -0.227. The van der Waals surface area contributed by atoms with Crippen molar-refractivity contribution < 1.29 is 9.59 Å². The van der Waals surface area contributed by atoms with Crippen molar-refractivity contribution in [3.63, 3.8) is 0 Å². The molecule has 29 heavy (non-hydrogen) atoms. The van der Waals surface area contributed by atoms with Gasteiger partial charge in [0.05, 0.1) is 17.7 Å². The fourth-order valence-corrected chi connectivity index (χ4v) is 2.89. The average Bonchev–Trinajstić information content (AvgIpc) is 2.76. The third-order valence-electron chi connectivity index (χ3n) is 4.41. The highest BCUT2D eigenvalue weighted by Gasteiger charge is 2.20. The van der Waals surface area contributed by atoms with Crippen LogP contribution >= 0.6 is 0 Å². The second-order valence-electron chi connectivity index (χ2n) is 7.28. The molecule has 0 atom stereocenters. The minimum absolute atomic E-state index is 0.203. The van der Waals surface area contributed by atoms with E-state index < -0.39 is 0 Å². The summed E-state index contributed by atoms with van der Waals surface area (Å²) in [4.78, 5) is 31.5. The van der Waals surface area contributed by atoms with Gasteiger partial charge in [-0.25, -0.2) is 0 Å². The summed E-state index contributed by atoms with van der Waals surface area (Å²) in [5, 5.41) is 2.86. The van der Waals surface area contributed by atoms with Crippen molar-refractivity contribution in [3.8, 4) is 0 Å². The Bertz CT molecular complexity index is 956. The van der Waals surface area contributed by atoms with Crippen LogP contribution in [0, 0.1) is 5.92 Å². The molecule has 0 spiro atoms. The van der Waals surface area contributed by atoms with E-state index >= 15 is 0 Å². The molecule has 0 saturated carbocycles. The number of carbonyl (C=O) groups excluding carboxylic acids is 2. The standard InChI is InChI=1S/C24H25N3O2/c1-18(2)14-26-23(28)20-13-21(16-25-15-20)24(29)27(22-11-7-4-8-12-22)17-19-9-5-3-6-10-19/h3-13,15-16,18H,14,17H2,1-2H3,(H,26,28). The van der Waals surface area contributed by atoms with Crippen molar-refractivity contribution in [3.05, 3.63) is 95.8 Å². The fraction of sp³-hybridized carbons (Fsp3) is 0.208. The van der Waals surface area contributed by atoms with Gasteiger partial charge in [0.15, 0.2) is 0 Å². The zero-order valence-electron chi connectivity index (χ0n) is 16.7. The number of rotatable bonds is 7. The highest BCUT2D eigenvalue weighted by atomic mass is 16.2. The maximum Gasteiger partial charge on any atom is 0.260 e. The number of pyridine rings is 1. The molecular formula is C24H25N3O2. The number of aromatic nitrogens is 1. The summed E-state index contributed by atoms with van der Waals surface area (Å²) < 4.78 is 0. The Morgan fingerprint density at radius 3 is 2.21 bits per heavy atom. The highest BCUT2D eigenvalue weighted by molar-refractivity contribution is 6.07. The monoisotopic (exact) mass is 387 g/mol. The van der Waals surface area contributed by atoms with Gasteiger partial charge in [-0.2, -0.15) is 0 Å². The zero-order chi connectivity index (χ0) is 20.6. The van der Waals surface area contributed by atoms with Crippen LogP contribution in [0.4, 0.5) is 5.69 Å². The van der Waals surface area contributed by atoms with Gasteiger partial charge >= 0.3 is 0 Å². The molecule has 0 aliphatic heterocycles. The van der Waals surface area contributed by atoms with E-state index in [9.17, 15) is 9.59 Å². The third kappa shape index (κ3) is 5.51. The first-order valence-electron chi connectivity index (χ1n) is 9.68. The van der Waals surface area contributed by atoms with Gasteiger partial charge in [-0.3, -0.25) is 14.6 Å². The van der Waals surface area contributed by atoms with Crippen molar-refractivity contribution in [2.75, 3.05) is 11.4 Å². The molecule has 1 N–H and O–H groups in total. The van der Waals surface area contributed by atoms with Gasteiger partial charge in [-0.1, -0.05) is 62.4 Å². The van der Waals surface area contributed by atoms with Gasteiger partial charge in [-0.15, -0.1) is 0 Å². The summed E-state index contributed by atoms with van der Waals surface area (Å²) in [6, 6.07) is 20.9. The van der Waals surface area contributed by atoms with Crippen molar-refractivity contribution in [2.24, 2.45) is 5.92 Å². The molecule has 0 saturated heterocycles. The second-order valence-corrected chi connectivity index (χ2v) is 7.28. The van der Waals surface area contributed by atoms with E-state index in [0.717, 1.165) is 11.3 Å². The first kappa shape index (κ1) is 20.3. The summed E-state index contributed by atoms with van der Waals surface area (Å²) in [5.41, 5.74) is 2.56. The van der Waals surface area contributed by atoms with Crippen LogP contribution in [-0.2, 0) is 6.54 Å². The smallest absolute Gasteiger partial charge is 0.260 e. The molecule has 0 aliphatic carbocycles. The molecule has 0 fully saturated rings. The number of carbonyl (C=O) groups is 2. The molecular weight excluding hydrogens is 362 g/mol. The molecule has 1 aromatic heterocycles. The summed E-state index contributed by atoms with van der Waals surface area (Å²) in [7, 11) is 0. The molecule has 5 nitrogen and oxygen atoms in total. The number of nitrogens with zero attached hydrogens (tertiary/aromatic N) is 2. The molecule has 5 heteroatoms.